The summed E-state index contributed by atoms with van der Waals surface area (Å²) >= 11 is 12.3. The molecule has 6 rings (SSSR count). The first-order valence-electron chi connectivity index (χ1n) is 12.8. The number of amides is 3. The van der Waals surface area contributed by atoms with E-state index in [9.17, 15) is 14.4 Å². The van der Waals surface area contributed by atoms with Crippen LogP contribution in [0.3, 0.4) is 0 Å². The lowest BCUT2D eigenvalue weighted by Gasteiger charge is -2.29. The van der Waals surface area contributed by atoms with Gasteiger partial charge in [0.25, 0.3) is 5.91 Å². The van der Waals surface area contributed by atoms with Gasteiger partial charge in [0.05, 0.1) is 0 Å². The Morgan fingerprint density at radius 1 is 1.05 bits per heavy atom. The van der Waals surface area contributed by atoms with Crippen LogP contribution < -0.4 is 10.6 Å². The molecule has 0 aliphatic carbocycles. The molecule has 1 fully saturated rings. The Kier molecular flexibility index (Phi) is 6.85. The van der Waals surface area contributed by atoms with Crippen molar-refractivity contribution in [3.05, 3.63) is 93.4 Å². The second-order valence-corrected chi connectivity index (χ2v) is 10.7. The summed E-state index contributed by atoms with van der Waals surface area (Å²) in [6.07, 6.45) is 7.07. The molecule has 0 bridgehead atoms. The summed E-state index contributed by atoms with van der Waals surface area (Å²) in [7, 11) is 0. The highest BCUT2D eigenvalue weighted by Crippen LogP contribution is 2.33. The van der Waals surface area contributed by atoms with Crippen LogP contribution in [-0.2, 0) is 29.1 Å². The van der Waals surface area contributed by atoms with E-state index in [2.05, 4.69) is 27.9 Å². The predicted molar refractivity (Wildman–Crippen MR) is 149 cm³/mol. The Morgan fingerprint density at radius 3 is 2.74 bits per heavy atom. The van der Waals surface area contributed by atoms with E-state index in [1.165, 1.54) is 0 Å². The summed E-state index contributed by atoms with van der Waals surface area (Å²) in [5.74, 6) is -0.893. The number of hydrogen-bond donors (Lipinski definition) is 2. The minimum absolute atomic E-state index is 0.184. The first-order valence-corrected chi connectivity index (χ1v) is 13.5. The van der Waals surface area contributed by atoms with Crippen molar-refractivity contribution >= 4 is 46.6 Å². The number of halogens is 2. The van der Waals surface area contributed by atoms with Crippen LogP contribution >= 0.6 is 23.2 Å². The number of imidazole rings is 1. The Bertz CT molecular complexity index is 1630. The van der Waals surface area contributed by atoms with E-state index >= 15 is 0 Å². The molecule has 2 aliphatic heterocycles. The van der Waals surface area contributed by atoms with Crippen molar-refractivity contribution in [2.45, 2.75) is 38.4 Å². The van der Waals surface area contributed by atoms with Crippen LogP contribution in [0.25, 0.3) is 16.8 Å². The summed E-state index contributed by atoms with van der Waals surface area (Å²) in [5, 5.41) is 7.12. The van der Waals surface area contributed by atoms with E-state index in [0.717, 1.165) is 46.4 Å². The molecule has 4 aromatic rings. The van der Waals surface area contributed by atoms with Crippen molar-refractivity contribution < 1.29 is 14.4 Å². The van der Waals surface area contributed by atoms with Crippen molar-refractivity contribution in [1.82, 2.24) is 24.9 Å². The minimum atomic E-state index is -0.637. The molecule has 2 aromatic carbocycles. The lowest BCUT2D eigenvalue weighted by Crippen LogP contribution is -2.52. The number of imide groups is 1. The maximum atomic E-state index is 13.1. The summed E-state index contributed by atoms with van der Waals surface area (Å²) in [5.41, 5.74) is 6.28. The molecule has 3 amide bonds. The number of carbonyl (C=O) groups is 3. The van der Waals surface area contributed by atoms with E-state index in [1.54, 1.807) is 17.2 Å². The molecule has 198 valence electrons. The first-order chi connectivity index (χ1) is 18.9. The number of benzene rings is 2. The van der Waals surface area contributed by atoms with Gasteiger partial charge in [-0.05, 0) is 72.0 Å². The summed E-state index contributed by atoms with van der Waals surface area (Å²) in [4.78, 5) is 43.2. The summed E-state index contributed by atoms with van der Waals surface area (Å²) in [6.45, 7) is 1.72. The van der Waals surface area contributed by atoms with Crippen molar-refractivity contribution in [1.29, 1.82) is 0 Å². The van der Waals surface area contributed by atoms with E-state index < -0.39 is 11.9 Å². The third-order valence-corrected chi connectivity index (χ3v) is 7.88. The molecule has 39 heavy (non-hydrogen) atoms. The molecular weight excluding hydrogens is 537 g/mol. The van der Waals surface area contributed by atoms with Gasteiger partial charge in [-0.25, -0.2) is 4.98 Å². The molecule has 2 aliphatic rings. The number of hydrogen-bond acceptors (Lipinski definition) is 5. The standard InChI is InChI=1S/C29H25Cl2N5O3/c30-21-3-1-18(24(31)13-21)7-8-32-14-17-11-23(27-33-9-10-35(27)15-17)19-2-4-22-20(12-19)16-36(29(22)39)25-5-6-26(37)34-28(25)38/h1-4,9-13,15,25,32H,5-8,14,16H2,(H,34,37,38). The topological polar surface area (TPSA) is 95.8 Å². The van der Waals surface area contributed by atoms with E-state index in [4.69, 9.17) is 23.2 Å². The molecule has 10 heteroatoms. The molecule has 1 unspecified atom stereocenters. The number of nitrogens with one attached hydrogen (secondary N) is 2. The van der Waals surface area contributed by atoms with Gasteiger partial charge in [0.15, 0.2) is 0 Å². The zero-order chi connectivity index (χ0) is 27.1. The number of piperidine rings is 1. The van der Waals surface area contributed by atoms with Crippen molar-refractivity contribution in [3.63, 3.8) is 0 Å². The molecule has 4 heterocycles. The minimum Gasteiger partial charge on any atom is -0.322 e. The lowest BCUT2D eigenvalue weighted by atomic mass is 10.00. The van der Waals surface area contributed by atoms with Crippen LogP contribution in [0.1, 0.15) is 39.9 Å². The third-order valence-electron chi connectivity index (χ3n) is 7.29. The van der Waals surface area contributed by atoms with Gasteiger partial charge in [0, 0.05) is 59.3 Å². The number of fused-ring (bicyclic) bond motifs is 2. The molecule has 1 saturated heterocycles. The number of nitrogens with zero attached hydrogens (tertiary/aromatic N) is 3. The second-order valence-electron chi connectivity index (χ2n) is 9.85. The molecule has 1 atom stereocenters. The van der Waals surface area contributed by atoms with Crippen LogP contribution in [0.15, 0.2) is 61.1 Å². The average molecular weight is 562 g/mol. The molecule has 2 N–H and O–H groups in total. The Labute approximate surface area is 234 Å². The fourth-order valence-electron chi connectivity index (χ4n) is 5.32. The lowest BCUT2D eigenvalue weighted by molar-refractivity contribution is -0.136. The fraction of sp³-hybridized carbons (Fsp3) is 0.241. The van der Waals surface area contributed by atoms with Crippen LogP contribution in [0.5, 0.6) is 0 Å². The van der Waals surface area contributed by atoms with Gasteiger partial charge in [0.1, 0.15) is 11.7 Å². The second kappa shape index (κ2) is 10.4. The first kappa shape index (κ1) is 25.6. The molecule has 0 spiro atoms. The molecule has 0 saturated carbocycles. The van der Waals surface area contributed by atoms with E-state index in [1.807, 2.05) is 40.9 Å². The highest BCUT2D eigenvalue weighted by atomic mass is 35.5. The number of aromatic nitrogens is 2. The van der Waals surface area contributed by atoms with Crippen molar-refractivity contribution in [2.75, 3.05) is 6.54 Å². The van der Waals surface area contributed by atoms with Crippen LogP contribution in [0, 0.1) is 0 Å². The number of carbonyl (C=O) groups excluding carboxylic acids is 3. The Balaban J connectivity index is 1.21. The smallest absolute Gasteiger partial charge is 0.255 e. The van der Waals surface area contributed by atoms with E-state index in [0.29, 0.717) is 35.1 Å². The normalized spacial score (nSPS) is 17.1. The van der Waals surface area contributed by atoms with Crippen LogP contribution in [0.2, 0.25) is 10.0 Å². The number of pyridine rings is 1. The molecule has 2 aromatic heterocycles. The van der Waals surface area contributed by atoms with Gasteiger partial charge < -0.3 is 14.6 Å². The number of rotatable bonds is 7. The largest absolute Gasteiger partial charge is 0.322 e. The van der Waals surface area contributed by atoms with Crippen LogP contribution in [0.4, 0.5) is 0 Å². The van der Waals surface area contributed by atoms with Gasteiger partial charge in [-0.1, -0.05) is 35.3 Å². The van der Waals surface area contributed by atoms with Gasteiger partial charge in [-0.15, -0.1) is 0 Å². The molecule has 8 nitrogen and oxygen atoms in total. The fourth-order valence-corrected chi connectivity index (χ4v) is 5.83. The Morgan fingerprint density at radius 2 is 1.92 bits per heavy atom. The van der Waals surface area contributed by atoms with Crippen LogP contribution in [-0.4, -0.2) is 44.6 Å². The summed E-state index contributed by atoms with van der Waals surface area (Å²) < 4.78 is 2.00. The van der Waals surface area contributed by atoms with Gasteiger partial charge in [0.2, 0.25) is 11.8 Å². The Hall–Kier alpha value is -3.72. The SMILES string of the molecule is O=C1CCC(N2Cc3cc(-c4cc(CNCCc5ccc(Cl)cc5Cl)cn5ccnc45)ccc3C2=O)C(=O)N1. The maximum Gasteiger partial charge on any atom is 0.255 e. The third kappa shape index (κ3) is 5.03. The van der Waals surface area contributed by atoms with Crippen molar-refractivity contribution in [3.8, 4) is 11.1 Å². The zero-order valence-electron chi connectivity index (χ0n) is 20.9. The van der Waals surface area contributed by atoms with Gasteiger partial charge in [-0.3, -0.25) is 19.7 Å². The summed E-state index contributed by atoms with van der Waals surface area (Å²) in [6, 6.07) is 12.8. The predicted octanol–water partition coefficient (Wildman–Crippen LogP) is 4.40. The monoisotopic (exact) mass is 561 g/mol. The highest BCUT2D eigenvalue weighted by molar-refractivity contribution is 6.35. The average Bonchev–Trinajstić information content (AvgIpc) is 3.51. The maximum absolute atomic E-state index is 13.1. The van der Waals surface area contributed by atoms with E-state index in [-0.39, 0.29) is 18.2 Å². The quantitative estimate of drug-likeness (QED) is 0.257. The zero-order valence-corrected chi connectivity index (χ0v) is 22.4. The highest BCUT2D eigenvalue weighted by Gasteiger charge is 2.39. The molecular formula is C29H25Cl2N5O3. The van der Waals surface area contributed by atoms with Crippen molar-refractivity contribution in [2.24, 2.45) is 0 Å². The van der Waals surface area contributed by atoms with Gasteiger partial charge >= 0.3 is 0 Å². The molecule has 0 radical (unpaired) electrons. The van der Waals surface area contributed by atoms with Gasteiger partial charge in [-0.2, -0.15) is 0 Å².